The lowest BCUT2D eigenvalue weighted by Gasteiger charge is -2.14. The van der Waals surface area contributed by atoms with E-state index in [-0.39, 0.29) is 28.2 Å². The van der Waals surface area contributed by atoms with Crippen LogP contribution in [0.15, 0.2) is 47.6 Å². The molecule has 0 atom stereocenters. The van der Waals surface area contributed by atoms with Crippen molar-refractivity contribution in [2.45, 2.75) is 24.2 Å². The number of rotatable bonds is 9. The molecule has 2 heterocycles. The van der Waals surface area contributed by atoms with E-state index in [1.165, 1.54) is 20.4 Å². The fourth-order valence-electron chi connectivity index (χ4n) is 2.92. The van der Waals surface area contributed by atoms with Crippen LogP contribution in [0, 0.1) is 0 Å². The predicted octanol–water partition coefficient (Wildman–Crippen LogP) is 3.02. The average Bonchev–Trinajstić information content (AvgIpc) is 3.18. The summed E-state index contributed by atoms with van der Waals surface area (Å²) in [5.41, 5.74) is 1.43. The van der Waals surface area contributed by atoms with Gasteiger partial charge in [-0.05, 0) is 11.1 Å². The highest BCUT2D eigenvalue weighted by atomic mass is 32.2. The number of benzene rings is 1. The fraction of sp³-hybridized carbons (Fsp3) is 0.263. The molecule has 0 amide bonds. The van der Waals surface area contributed by atoms with E-state index in [4.69, 9.17) is 9.47 Å². The number of hydrogen-bond donors (Lipinski definition) is 2. The molecule has 0 saturated carbocycles. The number of methoxy groups -OCH3 is 2. The van der Waals surface area contributed by atoms with Crippen LogP contribution in [-0.4, -0.2) is 44.0 Å². The van der Waals surface area contributed by atoms with E-state index in [9.17, 15) is 17.2 Å². The Morgan fingerprint density at radius 2 is 1.70 bits per heavy atom. The Morgan fingerprint density at radius 3 is 2.27 bits per heavy atom. The summed E-state index contributed by atoms with van der Waals surface area (Å²) >= 11 is 0. The van der Waals surface area contributed by atoms with Gasteiger partial charge in [-0.2, -0.15) is 9.97 Å². The minimum atomic E-state index is -4.07. The van der Waals surface area contributed by atoms with Crippen molar-refractivity contribution in [1.82, 2.24) is 15.0 Å². The summed E-state index contributed by atoms with van der Waals surface area (Å²) in [5, 5.41) is 0. The van der Waals surface area contributed by atoms with Crippen molar-refractivity contribution in [3.8, 4) is 11.8 Å². The van der Waals surface area contributed by atoms with E-state index in [1.54, 1.807) is 6.20 Å². The zero-order chi connectivity index (χ0) is 21.7. The molecule has 30 heavy (non-hydrogen) atoms. The molecule has 3 aromatic rings. The highest BCUT2D eigenvalue weighted by molar-refractivity contribution is 7.92. The second-order valence-electron chi connectivity index (χ2n) is 6.25. The average molecular weight is 438 g/mol. The van der Waals surface area contributed by atoms with E-state index < -0.39 is 22.9 Å². The van der Waals surface area contributed by atoms with Crippen molar-refractivity contribution in [3.63, 3.8) is 0 Å². The third kappa shape index (κ3) is 4.85. The van der Waals surface area contributed by atoms with Crippen LogP contribution >= 0.6 is 0 Å². The van der Waals surface area contributed by atoms with Gasteiger partial charge in [-0.25, -0.2) is 21.9 Å². The summed E-state index contributed by atoms with van der Waals surface area (Å²) < 4.78 is 63.9. The van der Waals surface area contributed by atoms with Gasteiger partial charge in [0, 0.05) is 25.2 Å². The summed E-state index contributed by atoms with van der Waals surface area (Å²) in [4.78, 5) is 10.6. The second kappa shape index (κ2) is 9.08. The number of halogens is 2. The van der Waals surface area contributed by atoms with Crippen LogP contribution in [0.2, 0.25) is 0 Å². The second-order valence-corrected chi connectivity index (χ2v) is 7.90. The van der Waals surface area contributed by atoms with Gasteiger partial charge < -0.3 is 14.5 Å². The molecule has 0 radical (unpaired) electrons. The molecule has 1 aromatic carbocycles. The van der Waals surface area contributed by atoms with Crippen molar-refractivity contribution in [3.05, 3.63) is 59.4 Å². The number of nitrogens with one attached hydrogen (secondary N) is 2. The number of hydrogen-bond acceptors (Lipinski definition) is 6. The summed E-state index contributed by atoms with van der Waals surface area (Å²) in [7, 11) is -1.60. The summed E-state index contributed by atoms with van der Waals surface area (Å²) in [5.74, 6) is -0.745. The van der Waals surface area contributed by atoms with Crippen LogP contribution in [0.25, 0.3) is 0 Å². The first-order valence-corrected chi connectivity index (χ1v) is 10.3. The molecule has 0 aliphatic rings. The Labute approximate surface area is 172 Å². The summed E-state index contributed by atoms with van der Waals surface area (Å²) in [6.45, 7) is 0. The topological polar surface area (TPSA) is 106 Å². The SMILES string of the molecule is COc1nc(NS(=O)(=O)c2c[nH]cc2Cc2ccccc2)nc(OC)c1CC(F)F. The van der Waals surface area contributed by atoms with Crippen LogP contribution in [0.4, 0.5) is 14.7 Å². The van der Waals surface area contributed by atoms with E-state index in [0.717, 1.165) is 5.56 Å². The molecular formula is C19H20F2N4O4S. The van der Waals surface area contributed by atoms with Crippen molar-refractivity contribution >= 4 is 16.0 Å². The normalized spacial score (nSPS) is 11.5. The first kappa shape index (κ1) is 21.5. The quantitative estimate of drug-likeness (QED) is 0.532. The number of ether oxygens (including phenoxy) is 2. The number of aromatic amines is 1. The molecule has 0 unspecified atom stereocenters. The summed E-state index contributed by atoms with van der Waals surface area (Å²) in [6, 6.07) is 9.37. The molecule has 0 fully saturated rings. The summed E-state index contributed by atoms with van der Waals surface area (Å²) in [6.07, 6.45) is -0.0469. The highest BCUT2D eigenvalue weighted by Crippen LogP contribution is 2.30. The minimum Gasteiger partial charge on any atom is -0.481 e. The molecule has 2 aromatic heterocycles. The smallest absolute Gasteiger partial charge is 0.266 e. The van der Waals surface area contributed by atoms with Crippen LogP contribution in [0.5, 0.6) is 11.8 Å². The molecule has 160 valence electrons. The maximum atomic E-state index is 12.9. The Balaban J connectivity index is 1.92. The molecule has 3 rings (SSSR count). The monoisotopic (exact) mass is 438 g/mol. The largest absolute Gasteiger partial charge is 0.481 e. The highest BCUT2D eigenvalue weighted by Gasteiger charge is 2.25. The third-order valence-corrected chi connectivity index (χ3v) is 5.63. The number of nitrogens with zero attached hydrogens (tertiary/aromatic N) is 2. The first-order chi connectivity index (χ1) is 14.3. The van der Waals surface area contributed by atoms with Crippen LogP contribution in [0.3, 0.4) is 0 Å². The van der Waals surface area contributed by atoms with Gasteiger partial charge in [0.25, 0.3) is 10.0 Å². The predicted molar refractivity (Wildman–Crippen MR) is 106 cm³/mol. The Hall–Kier alpha value is -3.21. The van der Waals surface area contributed by atoms with Gasteiger partial charge in [0.05, 0.1) is 19.8 Å². The van der Waals surface area contributed by atoms with E-state index in [0.29, 0.717) is 12.0 Å². The zero-order valence-electron chi connectivity index (χ0n) is 16.2. The molecular weight excluding hydrogens is 418 g/mol. The van der Waals surface area contributed by atoms with Gasteiger partial charge in [0.15, 0.2) is 0 Å². The third-order valence-electron chi connectivity index (χ3n) is 4.22. The maximum Gasteiger partial charge on any atom is 0.266 e. The Bertz CT molecular complexity index is 1080. The number of aromatic nitrogens is 3. The van der Waals surface area contributed by atoms with E-state index in [1.807, 2.05) is 30.3 Å². The maximum absolute atomic E-state index is 12.9. The van der Waals surface area contributed by atoms with Crippen molar-refractivity contribution in [2.75, 3.05) is 18.9 Å². The van der Waals surface area contributed by atoms with E-state index >= 15 is 0 Å². The Morgan fingerprint density at radius 1 is 1.07 bits per heavy atom. The van der Waals surface area contributed by atoms with Crippen LogP contribution < -0.4 is 14.2 Å². The fourth-order valence-corrected chi connectivity index (χ4v) is 4.06. The molecule has 0 bridgehead atoms. The van der Waals surface area contributed by atoms with Crippen LogP contribution in [0.1, 0.15) is 16.7 Å². The molecule has 0 aliphatic heterocycles. The molecule has 2 N–H and O–H groups in total. The van der Waals surface area contributed by atoms with Crippen molar-refractivity contribution in [2.24, 2.45) is 0 Å². The van der Waals surface area contributed by atoms with E-state index in [2.05, 4.69) is 19.7 Å². The van der Waals surface area contributed by atoms with Gasteiger partial charge >= 0.3 is 0 Å². The molecule has 0 saturated heterocycles. The molecule has 11 heteroatoms. The number of H-pyrrole nitrogens is 1. The first-order valence-electron chi connectivity index (χ1n) is 8.83. The van der Waals surface area contributed by atoms with Gasteiger partial charge in [0.1, 0.15) is 4.90 Å². The lowest BCUT2D eigenvalue weighted by Crippen LogP contribution is -2.17. The number of anilines is 1. The number of sulfonamides is 1. The minimum absolute atomic E-state index is 0.0181. The standard InChI is InChI=1S/C19H20F2N4O4S/c1-28-17-14(9-16(20)21)18(29-2)24-19(23-17)25-30(26,27)15-11-22-10-13(15)8-12-6-4-3-5-7-12/h3-7,10-11,16,22H,8-9H2,1-2H3,(H,23,24,25). The number of alkyl halides is 2. The molecule has 8 nitrogen and oxygen atoms in total. The van der Waals surface area contributed by atoms with Crippen molar-refractivity contribution < 1.29 is 26.7 Å². The molecule has 0 spiro atoms. The van der Waals surface area contributed by atoms with Crippen molar-refractivity contribution in [1.29, 1.82) is 0 Å². The van der Waals surface area contributed by atoms with Gasteiger partial charge in [0.2, 0.25) is 24.1 Å². The molecule has 0 aliphatic carbocycles. The lowest BCUT2D eigenvalue weighted by atomic mass is 10.1. The Kier molecular flexibility index (Phi) is 6.50. The van der Waals surface area contributed by atoms with Gasteiger partial charge in [-0.1, -0.05) is 30.3 Å². The van der Waals surface area contributed by atoms with Gasteiger partial charge in [-0.3, -0.25) is 0 Å². The lowest BCUT2D eigenvalue weighted by molar-refractivity contribution is 0.146. The van der Waals surface area contributed by atoms with Crippen LogP contribution in [-0.2, 0) is 22.9 Å². The van der Waals surface area contributed by atoms with Gasteiger partial charge in [-0.15, -0.1) is 0 Å². The zero-order valence-corrected chi connectivity index (χ0v) is 17.0.